The fraction of sp³-hybridized carbons (Fsp3) is 0.500. The fourth-order valence-corrected chi connectivity index (χ4v) is 2.46. The molecule has 0 saturated heterocycles. The maximum absolute atomic E-state index is 12.2. The Morgan fingerprint density at radius 3 is 2.41 bits per heavy atom. The van der Waals surface area contributed by atoms with Crippen molar-refractivity contribution >= 4 is 5.97 Å². The number of alkyl halides is 3. The number of carbonyl (C=O) groups is 1. The Labute approximate surface area is 154 Å². The third kappa shape index (κ3) is 7.67. The lowest BCUT2D eigenvalue weighted by Crippen LogP contribution is -2.16. The van der Waals surface area contributed by atoms with E-state index in [2.05, 4.69) is 19.6 Å². The van der Waals surface area contributed by atoms with E-state index in [1.807, 2.05) is 0 Å². The van der Waals surface area contributed by atoms with Gasteiger partial charge in [-0.15, -0.1) is 13.2 Å². The Morgan fingerprint density at radius 2 is 1.74 bits per heavy atom. The summed E-state index contributed by atoms with van der Waals surface area (Å²) in [5, 5.41) is 3.85. The van der Waals surface area contributed by atoms with E-state index in [0.29, 0.717) is 30.1 Å². The third-order valence-electron chi connectivity index (χ3n) is 3.81. The van der Waals surface area contributed by atoms with E-state index >= 15 is 0 Å². The molecule has 0 amide bonds. The van der Waals surface area contributed by atoms with Crippen LogP contribution in [0, 0.1) is 0 Å². The van der Waals surface area contributed by atoms with E-state index in [-0.39, 0.29) is 11.7 Å². The van der Waals surface area contributed by atoms with E-state index in [4.69, 9.17) is 4.52 Å². The van der Waals surface area contributed by atoms with Gasteiger partial charge in [0.25, 0.3) is 0 Å². The highest BCUT2D eigenvalue weighted by Crippen LogP contribution is 2.25. The highest BCUT2D eigenvalue weighted by molar-refractivity contribution is 5.68. The molecule has 0 unspecified atom stereocenters. The van der Waals surface area contributed by atoms with Crippen LogP contribution >= 0.6 is 0 Å². The molecule has 1 aromatic carbocycles. The number of methoxy groups -OCH3 is 1. The normalized spacial score (nSPS) is 11.4. The van der Waals surface area contributed by atoms with Crippen molar-refractivity contribution < 1.29 is 32.0 Å². The van der Waals surface area contributed by atoms with Gasteiger partial charge in [-0.25, -0.2) is 0 Å². The van der Waals surface area contributed by atoms with E-state index < -0.39 is 6.36 Å². The van der Waals surface area contributed by atoms with Crippen molar-refractivity contribution in [2.75, 3.05) is 7.11 Å². The molecule has 0 radical (unpaired) electrons. The summed E-state index contributed by atoms with van der Waals surface area (Å²) in [5.41, 5.74) is 0.544. The molecule has 27 heavy (non-hydrogen) atoms. The first-order chi connectivity index (χ1) is 12.9. The standard InChI is InChI=1S/C18H21F3N2O4/c1-25-16(24)8-6-4-2-3-5-7-15-22-17(23-27-15)13-9-11-14(12-10-13)26-18(19,20)21/h9-12H,2-8H2,1H3. The largest absolute Gasteiger partial charge is 0.573 e. The van der Waals surface area contributed by atoms with E-state index in [1.54, 1.807) is 0 Å². The molecule has 0 atom stereocenters. The predicted octanol–water partition coefficient (Wildman–Crippen LogP) is 4.69. The molecule has 1 aromatic heterocycles. The van der Waals surface area contributed by atoms with Gasteiger partial charge >= 0.3 is 12.3 Å². The van der Waals surface area contributed by atoms with Crippen LogP contribution in [0.3, 0.4) is 0 Å². The number of unbranched alkanes of at least 4 members (excludes halogenated alkanes) is 4. The van der Waals surface area contributed by atoms with Crippen molar-refractivity contribution in [3.8, 4) is 17.1 Å². The number of ether oxygens (including phenoxy) is 2. The molecule has 0 aliphatic carbocycles. The lowest BCUT2D eigenvalue weighted by Gasteiger charge is -2.08. The number of hydrogen-bond acceptors (Lipinski definition) is 6. The second kappa shape index (κ2) is 9.94. The maximum Gasteiger partial charge on any atom is 0.573 e. The van der Waals surface area contributed by atoms with E-state index in [1.165, 1.54) is 31.4 Å². The zero-order valence-electron chi connectivity index (χ0n) is 14.9. The van der Waals surface area contributed by atoms with Crippen LogP contribution in [0.25, 0.3) is 11.4 Å². The summed E-state index contributed by atoms with van der Waals surface area (Å²) in [6, 6.07) is 5.29. The number of rotatable bonds is 10. The first kappa shape index (κ1) is 20.7. The number of hydrogen-bond donors (Lipinski definition) is 0. The summed E-state index contributed by atoms with van der Waals surface area (Å²) < 4.78 is 50.0. The van der Waals surface area contributed by atoms with Crippen LogP contribution in [-0.4, -0.2) is 29.6 Å². The van der Waals surface area contributed by atoms with Gasteiger partial charge in [0.1, 0.15) is 5.75 Å². The molecule has 0 spiro atoms. The van der Waals surface area contributed by atoms with E-state index in [0.717, 1.165) is 32.1 Å². The van der Waals surface area contributed by atoms with Gasteiger partial charge < -0.3 is 14.0 Å². The molecule has 148 valence electrons. The first-order valence-corrected chi connectivity index (χ1v) is 8.63. The van der Waals surface area contributed by atoms with Crippen LogP contribution in [0.2, 0.25) is 0 Å². The average molecular weight is 386 g/mol. The number of benzene rings is 1. The fourth-order valence-electron chi connectivity index (χ4n) is 2.46. The number of aromatic nitrogens is 2. The van der Waals surface area contributed by atoms with Gasteiger partial charge in [-0.3, -0.25) is 4.79 Å². The minimum Gasteiger partial charge on any atom is -0.469 e. The SMILES string of the molecule is COC(=O)CCCCCCCc1nc(-c2ccc(OC(F)(F)F)cc2)no1. The van der Waals surface area contributed by atoms with Gasteiger partial charge in [-0.1, -0.05) is 24.4 Å². The van der Waals surface area contributed by atoms with Crippen molar-refractivity contribution in [1.29, 1.82) is 0 Å². The lowest BCUT2D eigenvalue weighted by atomic mass is 10.1. The highest BCUT2D eigenvalue weighted by atomic mass is 19.4. The molecule has 6 nitrogen and oxygen atoms in total. The number of carbonyl (C=O) groups excluding carboxylic acids is 1. The van der Waals surface area contributed by atoms with Gasteiger partial charge in [0.05, 0.1) is 7.11 Å². The van der Waals surface area contributed by atoms with Gasteiger partial charge in [-0.2, -0.15) is 4.98 Å². The van der Waals surface area contributed by atoms with Gasteiger partial charge in [-0.05, 0) is 37.1 Å². The molecule has 2 rings (SSSR count). The predicted molar refractivity (Wildman–Crippen MR) is 89.8 cm³/mol. The zero-order valence-corrected chi connectivity index (χ0v) is 14.9. The molecular formula is C18H21F3N2O4. The summed E-state index contributed by atoms with van der Waals surface area (Å²) in [7, 11) is 1.38. The van der Waals surface area contributed by atoms with Crippen LogP contribution in [0.15, 0.2) is 28.8 Å². The monoisotopic (exact) mass is 386 g/mol. The zero-order chi connectivity index (χ0) is 19.7. The van der Waals surface area contributed by atoms with Crippen molar-refractivity contribution in [3.63, 3.8) is 0 Å². The Hall–Kier alpha value is -2.58. The molecule has 0 saturated carbocycles. The second-order valence-electron chi connectivity index (χ2n) is 5.93. The van der Waals surface area contributed by atoms with Crippen molar-refractivity contribution in [2.45, 2.75) is 51.3 Å². The van der Waals surface area contributed by atoms with Crippen LogP contribution in [0.4, 0.5) is 13.2 Å². The van der Waals surface area contributed by atoms with Gasteiger partial charge in [0.15, 0.2) is 0 Å². The number of nitrogens with zero attached hydrogens (tertiary/aromatic N) is 2. The molecule has 0 fully saturated rings. The first-order valence-electron chi connectivity index (χ1n) is 8.63. The average Bonchev–Trinajstić information content (AvgIpc) is 3.09. The Bertz CT molecular complexity index is 714. The van der Waals surface area contributed by atoms with E-state index in [9.17, 15) is 18.0 Å². The third-order valence-corrected chi connectivity index (χ3v) is 3.81. The molecule has 0 aliphatic rings. The Balaban J connectivity index is 1.72. The van der Waals surface area contributed by atoms with Crippen LogP contribution < -0.4 is 4.74 Å². The minimum atomic E-state index is -4.72. The maximum atomic E-state index is 12.2. The van der Waals surface area contributed by atoms with Crippen molar-refractivity contribution in [1.82, 2.24) is 10.1 Å². The van der Waals surface area contributed by atoms with Gasteiger partial charge in [0, 0.05) is 18.4 Å². The summed E-state index contributed by atoms with van der Waals surface area (Å²) in [4.78, 5) is 15.2. The molecular weight excluding hydrogens is 365 g/mol. The van der Waals surface area contributed by atoms with Gasteiger partial charge in [0.2, 0.25) is 11.7 Å². The van der Waals surface area contributed by atoms with Crippen LogP contribution in [0.5, 0.6) is 5.75 Å². The summed E-state index contributed by atoms with van der Waals surface area (Å²) in [5.74, 6) is 0.311. The molecule has 1 heterocycles. The molecule has 0 bridgehead atoms. The topological polar surface area (TPSA) is 74.5 Å². The summed E-state index contributed by atoms with van der Waals surface area (Å²) in [6.45, 7) is 0. The number of halogens is 3. The molecule has 0 N–H and O–H groups in total. The van der Waals surface area contributed by atoms with Crippen molar-refractivity contribution in [2.24, 2.45) is 0 Å². The van der Waals surface area contributed by atoms with Crippen LogP contribution in [-0.2, 0) is 16.0 Å². The minimum absolute atomic E-state index is 0.189. The molecule has 2 aromatic rings. The van der Waals surface area contributed by atoms with Crippen LogP contribution in [0.1, 0.15) is 44.4 Å². The Kier molecular flexibility index (Phi) is 7.63. The number of esters is 1. The van der Waals surface area contributed by atoms with Crippen molar-refractivity contribution in [3.05, 3.63) is 30.2 Å². The molecule has 9 heteroatoms. The summed E-state index contributed by atoms with van der Waals surface area (Å²) >= 11 is 0. The highest BCUT2D eigenvalue weighted by Gasteiger charge is 2.31. The second-order valence-corrected chi connectivity index (χ2v) is 5.93. The quantitative estimate of drug-likeness (QED) is 0.436. The summed E-state index contributed by atoms with van der Waals surface area (Å²) in [6.07, 6.45) is 0.955. The Morgan fingerprint density at radius 1 is 1.07 bits per heavy atom. The smallest absolute Gasteiger partial charge is 0.469 e. The molecule has 0 aliphatic heterocycles. The number of aryl methyl sites for hydroxylation is 1. The lowest BCUT2D eigenvalue weighted by molar-refractivity contribution is -0.274.